The molecule has 2 N–H and O–H groups in total. The Hall–Kier alpha value is -2.28. The van der Waals surface area contributed by atoms with E-state index in [1.165, 1.54) is 22.3 Å². The van der Waals surface area contributed by atoms with Crippen LogP contribution in [0.15, 0.2) is 51.1 Å². The zero-order valence-electron chi connectivity index (χ0n) is 9.79. The number of fused-ring (bicyclic) bond motifs is 1. The van der Waals surface area contributed by atoms with Gasteiger partial charge >= 0.3 is 5.69 Å². The van der Waals surface area contributed by atoms with Gasteiger partial charge in [-0.05, 0) is 5.56 Å². The van der Waals surface area contributed by atoms with E-state index >= 15 is 0 Å². The van der Waals surface area contributed by atoms with Crippen molar-refractivity contribution in [1.29, 1.82) is 0 Å². The lowest BCUT2D eigenvalue weighted by atomic mass is 10.2. The van der Waals surface area contributed by atoms with Crippen molar-refractivity contribution < 1.29 is 0 Å². The lowest BCUT2D eigenvalue weighted by Crippen LogP contribution is -2.25. The number of hydrogen-bond donors (Lipinski definition) is 2. The predicted octanol–water partition coefficient (Wildman–Crippen LogP) is 1.00. The summed E-state index contributed by atoms with van der Waals surface area (Å²) >= 11 is 1.47. The monoisotopic (exact) mass is 274 g/mol. The molecule has 0 aliphatic rings. The van der Waals surface area contributed by atoms with Gasteiger partial charge in [-0.15, -0.1) is 0 Å². The van der Waals surface area contributed by atoms with Crippen molar-refractivity contribution in [1.82, 2.24) is 19.6 Å². The van der Waals surface area contributed by atoms with Crippen molar-refractivity contribution in [3.05, 3.63) is 62.8 Å². The van der Waals surface area contributed by atoms with Crippen molar-refractivity contribution >= 4 is 17.4 Å². The summed E-state index contributed by atoms with van der Waals surface area (Å²) in [6.45, 7) is 0. The highest BCUT2D eigenvalue weighted by Gasteiger charge is 2.06. The molecular weight excluding hydrogens is 264 g/mol. The number of benzene rings is 1. The van der Waals surface area contributed by atoms with Gasteiger partial charge in [0.05, 0.1) is 0 Å². The minimum atomic E-state index is -0.512. The van der Waals surface area contributed by atoms with Crippen LogP contribution in [0.25, 0.3) is 5.65 Å². The first-order valence-corrected chi connectivity index (χ1v) is 6.60. The molecule has 0 fully saturated rings. The smallest absolute Gasteiger partial charge is 0.272 e. The first-order chi connectivity index (χ1) is 9.22. The predicted molar refractivity (Wildman–Crippen MR) is 72.4 cm³/mol. The van der Waals surface area contributed by atoms with Crippen LogP contribution in [-0.2, 0) is 5.75 Å². The summed E-state index contributed by atoms with van der Waals surface area (Å²) in [7, 11) is 0. The van der Waals surface area contributed by atoms with Crippen LogP contribution in [-0.4, -0.2) is 19.6 Å². The van der Waals surface area contributed by atoms with Gasteiger partial charge in [0.15, 0.2) is 10.8 Å². The molecule has 0 aliphatic heterocycles. The van der Waals surface area contributed by atoms with Crippen molar-refractivity contribution in [2.75, 3.05) is 0 Å². The fraction of sp³-hybridized carbons (Fsp3) is 0.0833. The first-order valence-electron chi connectivity index (χ1n) is 5.61. The second-order valence-electron chi connectivity index (χ2n) is 3.94. The minimum absolute atomic E-state index is 0.323. The highest BCUT2D eigenvalue weighted by Crippen LogP contribution is 2.18. The normalized spacial score (nSPS) is 10.9. The second kappa shape index (κ2) is 4.77. The fourth-order valence-corrected chi connectivity index (χ4v) is 2.50. The van der Waals surface area contributed by atoms with Gasteiger partial charge < -0.3 is 0 Å². The number of rotatable bonds is 3. The molecule has 0 spiro atoms. The van der Waals surface area contributed by atoms with Crippen LogP contribution >= 0.6 is 11.8 Å². The van der Waals surface area contributed by atoms with Crippen LogP contribution in [0.1, 0.15) is 5.56 Å². The van der Waals surface area contributed by atoms with E-state index in [0.29, 0.717) is 10.8 Å². The van der Waals surface area contributed by atoms with E-state index in [-0.39, 0.29) is 0 Å². The number of nitrogens with zero attached hydrogens (tertiary/aromatic N) is 2. The summed E-state index contributed by atoms with van der Waals surface area (Å²) in [5.41, 5.74) is 0.526. The molecule has 3 rings (SSSR count). The Morgan fingerprint density at radius 2 is 2.00 bits per heavy atom. The number of aromatic nitrogens is 4. The van der Waals surface area contributed by atoms with E-state index in [9.17, 15) is 9.59 Å². The molecule has 3 aromatic rings. The maximum atomic E-state index is 11.5. The molecule has 0 saturated carbocycles. The summed E-state index contributed by atoms with van der Waals surface area (Å²) in [5, 5.41) is 3.44. The molecule has 2 heterocycles. The van der Waals surface area contributed by atoms with E-state index < -0.39 is 11.2 Å². The third kappa shape index (κ3) is 2.45. The fourth-order valence-electron chi connectivity index (χ4n) is 1.69. The number of aromatic amines is 2. The number of nitrogens with one attached hydrogen (secondary N) is 2. The van der Waals surface area contributed by atoms with Crippen molar-refractivity contribution in [3.63, 3.8) is 0 Å². The molecule has 0 saturated heterocycles. The topological polar surface area (TPSA) is 83.0 Å². The van der Waals surface area contributed by atoms with E-state index in [1.54, 1.807) is 0 Å². The lowest BCUT2D eigenvalue weighted by Gasteiger charge is -1.97. The molecule has 0 radical (unpaired) electrons. The van der Waals surface area contributed by atoms with Crippen LogP contribution in [0.3, 0.4) is 0 Å². The van der Waals surface area contributed by atoms with Gasteiger partial charge in [0.1, 0.15) is 0 Å². The van der Waals surface area contributed by atoms with Gasteiger partial charge in [-0.3, -0.25) is 14.9 Å². The van der Waals surface area contributed by atoms with Crippen LogP contribution in [0.4, 0.5) is 0 Å². The molecule has 6 nitrogen and oxygen atoms in total. The minimum Gasteiger partial charge on any atom is -0.272 e. The van der Waals surface area contributed by atoms with Crippen LogP contribution in [0, 0.1) is 0 Å². The molecule has 1 aromatic carbocycles. The van der Waals surface area contributed by atoms with Gasteiger partial charge in [0.2, 0.25) is 0 Å². The standard InChI is InChI=1S/C12H10N4O2S/c17-10-6-9-13-11(15-16(9)12(18)14-10)19-7-8-4-2-1-3-5-8/h1-6H,7H2,(H,13,15)(H,14,17,18). The second-order valence-corrected chi connectivity index (χ2v) is 4.90. The maximum Gasteiger partial charge on any atom is 0.349 e. The van der Waals surface area contributed by atoms with Gasteiger partial charge in [-0.2, -0.15) is 4.52 Å². The molecular formula is C12H10N4O2S. The van der Waals surface area contributed by atoms with Gasteiger partial charge in [0, 0.05) is 11.8 Å². The van der Waals surface area contributed by atoms with Crippen LogP contribution in [0.2, 0.25) is 0 Å². The molecule has 0 amide bonds. The molecule has 96 valence electrons. The summed E-state index contributed by atoms with van der Waals surface area (Å²) in [6.07, 6.45) is 0. The molecule has 0 bridgehead atoms. The summed E-state index contributed by atoms with van der Waals surface area (Å²) in [4.78, 5) is 29.0. The van der Waals surface area contributed by atoms with E-state index in [2.05, 4.69) is 15.1 Å². The average Bonchev–Trinajstić information content (AvgIpc) is 2.81. The van der Waals surface area contributed by atoms with E-state index in [1.807, 2.05) is 30.3 Å². The van der Waals surface area contributed by atoms with E-state index in [4.69, 9.17) is 0 Å². The SMILES string of the molecule is O=c1cc2nc(SCc3ccccc3)[nH]n2c(=O)[nH]1. The molecule has 7 heteroatoms. The van der Waals surface area contributed by atoms with Crippen molar-refractivity contribution in [2.24, 2.45) is 0 Å². The van der Waals surface area contributed by atoms with E-state index in [0.717, 1.165) is 11.3 Å². The maximum absolute atomic E-state index is 11.5. The van der Waals surface area contributed by atoms with Gasteiger partial charge in [-0.25, -0.2) is 9.78 Å². The number of H-pyrrole nitrogens is 2. The van der Waals surface area contributed by atoms with Crippen LogP contribution < -0.4 is 11.2 Å². The van der Waals surface area contributed by atoms with Gasteiger partial charge in [0.25, 0.3) is 5.56 Å². The highest BCUT2D eigenvalue weighted by atomic mass is 32.2. The summed E-state index contributed by atoms with van der Waals surface area (Å²) in [6, 6.07) is 11.2. The molecule has 0 aliphatic carbocycles. The third-order valence-electron chi connectivity index (χ3n) is 2.56. The number of hydrogen-bond acceptors (Lipinski definition) is 4. The average molecular weight is 274 g/mol. The Balaban J connectivity index is 1.88. The zero-order valence-corrected chi connectivity index (χ0v) is 10.6. The Morgan fingerprint density at radius 1 is 1.21 bits per heavy atom. The Bertz CT molecular complexity index is 819. The first kappa shape index (κ1) is 11.8. The Kier molecular flexibility index (Phi) is 2.96. The lowest BCUT2D eigenvalue weighted by molar-refractivity contribution is 0.818. The zero-order chi connectivity index (χ0) is 13.2. The molecule has 2 aromatic heterocycles. The molecule has 0 atom stereocenters. The molecule has 0 unspecified atom stereocenters. The summed E-state index contributed by atoms with van der Waals surface area (Å²) in [5.74, 6) is 0.739. The summed E-state index contributed by atoms with van der Waals surface area (Å²) < 4.78 is 1.22. The third-order valence-corrected chi connectivity index (χ3v) is 3.50. The van der Waals surface area contributed by atoms with Crippen molar-refractivity contribution in [3.8, 4) is 0 Å². The number of thioether (sulfide) groups is 1. The molecule has 19 heavy (non-hydrogen) atoms. The highest BCUT2D eigenvalue weighted by molar-refractivity contribution is 7.98. The quantitative estimate of drug-likeness (QED) is 0.698. The Morgan fingerprint density at radius 3 is 2.79 bits per heavy atom. The largest absolute Gasteiger partial charge is 0.349 e. The Labute approximate surface area is 111 Å². The van der Waals surface area contributed by atoms with Crippen molar-refractivity contribution in [2.45, 2.75) is 10.9 Å². The van der Waals surface area contributed by atoms with Crippen LogP contribution in [0.5, 0.6) is 0 Å². The van der Waals surface area contributed by atoms with Gasteiger partial charge in [-0.1, -0.05) is 42.1 Å².